The lowest BCUT2D eigenvalue weighted by Crippen LogP contribution is -2.33. The molecule has 0 saturated carbocycles. The third kappa shape index (κ3) is 5.61. The number of hydrogen-bond acceptors (Lipinski definition) is 5. The lowest BCUT2D eigenvalue weighted by atomic mass is 10.1. The number of rotatable bonds is 5. The van der Waals surface area contributed by atoms with Crippen LogP contribution in [-0.4, -0.2) is 40.3 Å². The first-order valence-electron chi connectivity index (χ1n) is 9.06. The normalized spacial score (nSPS) is 17.2. The molecule has 1 aromatic heterocycles. The molecular formula is C19H24F3N3O4. The Labute approximate surface area is 166 Å². The average molecular weight is 415 g/mol. The molecule has 1 atom stereocenters. The lowest BCUT2D eigenvalue weighted by Gasteiger charge is -2.28. The van der Waals surface area contributed by atoms with Crippen molar-refractivity contribution in [3.63, 3.8) is 0 Å². The topological polar surface area (TPSA) is 91.8 Å². The molecule has 1 fully saturated rings. The summed E-state index contributed by atoms with van der Waals surface area (Å²) in [7, 11) is 0. The summed E-state index contributed by atoms with van der Waals surface area (Å²) in [5, 5.41) is 11.5. The van der Waals surface area contributed by atoms with Crippen LogP contribution >= 0.6 is 0 Å². The van der Waals surface area contributed by atoms with Crippen molar-refractivity contribution in [3.05, 3.63) is 30.0 Å². The fourth-order valence-corrected chi connectivity index (χ4v) is 3.16. The smallest absolute Gasteiger partial charge is 0.420 e. The highest BCUT2D eigenvalue weighted by Gasteiger charge is 2.40. The summed E-state index contributed by atoms with van der Waals surface area (Å²) in [6, 6.07) is 0.339. The third-order valence-electron chi connectivity index (χ3n) is 4.23. The number of carbonyl (C=O) groups is 2. The lowest BCUT2D eigenvalue weighted by molar-refractivity contribution is -0.137. The number of aromatic nitrogens is 1. The maximum absolute atomic E-state index is 13.8. The van der Waals surface area contributed by atoms with E-state index in [4.69, 9.17) is 4.74 Å². The Bertz CT molecular complexity index is 803. The highest BCUT2D eigenvalue weighted by molar-refractivity contribution is 5.98. The summed E-state index contributed by atoms with van der Waals surface area (Å²) in [6.45, 7) is 8.64. The van der Waals surface area contributed by atoms with E-state index < -0.39 is 46.6 Å². The van der Waals surface area contributed by atoms with Gasteiger partial charge in [0.2, 0.25) is 0 Å². The van der Waals surface area contributed by atoms with Gasteiger partial charge in [0, 0.05) is 12.6 Å². The number of hydrogen-bond donors (Lipinski definition) is 2. The van der Waals surface area contributed by atoms with Crippen molar-refractivity contribution >= 4 is 23.6 Å². The van der Waals surface area contributed by atoms with Crippen molar-refractivity contribution in [1.29, 1.82) is 0 Å². The molecular weight excluding hydrogens is 391 g/mol. The van der Waals surface area contributed by atoms with Gasteiger partial charge >= 0.3 is 18.2 Å². The number of carboxylic acid groups (broad SMARTS) is 1. The van der Waals surface area contributed by atoms with Gasteiger partial charge < -0.3 is 14.7 Å². The van der Waals surface area contributed by atoms with Crippen LogP contribution in [0.25, 0.3) is 0 Å². The number of nitrogens with one attached hydrogen (secondary N) is 1. The van der Waals surface area contributed by atoms with Crippen LogP contribution < -0.4 is 10.2 Å². The first kappa shape index (κ1) is 22.5. The van der Waals surface area contributed by atoms with Crippen molar-refractivity contribution < 1.29 is 32.6 Å². The molecule has 7 nitrogen and oxygen atoms in total. The van der Waals surface area contributed by atoms with E-state index in [1.54, 1.807) is 26.8 Å². The maximum atomic E-state index is 13.8. The predicted octanol–water partition coefficient (Wildman–Crippen LogP) is 4.69. The van der Waals surface area contributed by atoms with Gasteiger partial charge in [0.1, 0.15) is 17.0 Å². The van der Waals surface area contributed by atoms with Crippen LogP contribution in [-0.2, 0) is 10.9 Å². The zero-order valence-electron chi connectivity index (χ0n) is 16.5. The molecule has 1 amide bonds. The van der Waals surface area contributed by atoms with E-state index in [1.807, 2.05) is 0 Å². The summed E-state index contributed by atoms with van der Waals surface area (Å²) in [4.78, 5) is 28.9. The van der Waals surface area contributed by atoms with Gasteiger partial charge in [-0.25, -0.2) is 14.6 Å². The summed E-state index contributed by atoms with van der Waals surface area (Å²) < 4.78 is 46.3. The molecule has 0 radical (unpaired) electrons. The largest absolute Gasteiger partial charge is 0.476 e. The van der Waals surface area contributed by atoms with Crippen molar-refractivity contribution in [1.82, 2.24) is 4.98 Å². The standard InChI is InChI=1S/C19H24F3N3O4/c1-5-7-11-8-6-9-25(11)15-12(19(20,21)22)10-13(14(24-15)16(26)27)23-17(28)29-18(2,3)4/h5,10-11H,1,6-9H2,2-4H3,(H,23,28)(H,26,27). The van der Waals surface area contributed by atoms with Gasteiger partial charge in [-0.1, -0.05) is 6.08 Å². The zero-order valence-corrected chi connectivity index (χ0v) is 16.5. The molecule has 2 N–H and O–H groups in total. The minimum atomic E-state index is -4.80. The maximum Gasteiger partial charge on any atom is 0.420 e. The van der Waals surface area contributed by atoms with E-state index in [0.29, 0.717) is 31.9 Å². The van der Waals surface area contributed by atoms with Gasteiger partial charge in [-0.3, -0.25) is 5.32 Å². The molecule has 1 aromatic rings. The molecule has 1 unspecified atom stereocenters. The number of nitrogens with zero attached hydrogens (tertiary/aromatic N) is 2. The van der Waals surface area contributed by atoms with Crippen molar-refractivity contribution in [2.75, 3.05) is 16.8 Å². The molecule has 0 aliphatic carbocycles. The van der Waals surface area contributed by atoms with E-state index in [9.17, 15) is 27.9 Å². The Hall–Kier alpha value is -2.78. The second-order valence-electron chi connectivity index (χ2n) is 7.70. The molecule has 1 aliphatic heterocycles. The average Bonchev–Trinajstić information content (AvgIpc) is 3.00. The first-order chi connectivity index (χ1) is 13.3. The van der Waals surface area contributed by atoms with Gasteiger partial charge in [0.15, 0.2) is 5.69 Å². The summed E-state index contributed by atoms with van der Waals surface area (Å²) in [5.41, 5.74) is -3.31. The first-order valence-corrected chi connectivity index (χ1v) is 9.06. The summed E-state index contributed by atoms with van der Waals surface area (Å²) in [6.07, 6.45) is -2.53. The van der Waals surface area contributed by atoms with E-state index in [1.165, 1.54) is 4.90 Å². The number of pyridine rings is 1. The van der Waals surface area contributed by atoms with Gasteiger partial charge in [-0.05, 0) is 46.1 Å². The Balaban J connectivity index is 2.55. The van der Waals surface area contributed by atoms with E-state index in [0.717, 1.165) is 0 Å². The minimum Gasteiger partial charge on any atom is -0.476 e. The number of amides is 1. The van der Waals surface area contributed by atoms with Crippen LogP contribution in [0, 0.1) is 0 Å². The molecule has 2 heterocycles. The number of alkyl halides is 3. The number of ether oxygens (including phenoxy) is 1. The van der Waals surface area contributed by atoms with Crippen molar-refractivity contribution in [2.45, 2.75) is 57.9 Å². The Morgan fingerprint density at radius 2 is 2.07 bits per heavy atom. The van der Waals surface area contributed by atoms with E-state index >= 15 is 0 Å². The molecule has 0 aromatic carbocycles. The number of halogens is 3. The van der Waals surface area contributed by atoms with Gasteiger partial charge in [-0.15, -0.1) is 6.58 Å². The molecule has 160 valence electrons. The number of carbonyl (C=O) groups excluding carboxylic acids is 1. The van der Waals surface area contributed by atoms with Gasteiger partial charge in [-0.2, -0.15) is 13.2 Å². The fourth-order valence-electron chi connectivity index (χ4n) is 3.16. The van der Waals surface area contributed by atoms with Crippen LogP contribution in [0.2, 0.25) is 0 Å². The summed E-state index contributed by atoms with van der Waals surface area (Å²) >= 11 is 0. The van der Waals surface area contributed by atoms with E-state index in [-0.39, 0.29) is 6.04 Å². The zero-order chi connectivity index (χ0) is 22.0. The predicted molar refractivity (Wildman–Crippen MR) is 101 cm³/mol. The number of anilines is 2. The Morgan fingerprint density at radius 3 is 2.59 bits per heavy atom. The monoisotopic (exact) mass is 415 g/mol. The van der Waals surface area contributed by atoms with Crippen LogP contribution in [0.1, 0.15) is 56.1 Å². The van der Waals surface area contributed by atoms with E-state index in [2.05, 4.69) is 16.9 Å². The molecule has 0 bridgehead atoms. The van der Waals surface area contributed by atoms with Crippen LogP contribution in [0.15, 0.2) is 18.7 Å². The highest BCUT2D eigenvalue weighted by atomic mass is 19.4. The molecule has 2 rings (SSSR count). The SMILES string of the molecule is C=CCC1CCCN1c1nc(C(=O)O)c(NC(=O)OC(C)(C)C)cc1C(F)(F)F. The van der Waals surface area contributed by atoms with Gasteiger partial charge in [0.25, 0.3) is 0 Å². The number of carboxylic acids is 1. The van der Waals surface area contributed by atoms with Crippen LogP contribution in [0.4, 0.5) is 29.5 Å². The third-order valence-corrected chi connectivity index (χ3v) is 4.23. The van der Waals surface area contributed by atoms with Crippen molar-refractivity contribution in [2.24, 2.45) is 0 Å². The Kier molecular flexibility index (Phi) is 6.44. The van der Waals surface area contributed by atoms with Crippen LogP contribution in [0.3, 0.4) is 0 Å². The molecule has 29 heavy (non-hydrogen) atoms. The van der Waals surface area contributed by atoms with Gasteiger partial charge in [0.05, 0.1) is 5.69 Å². The molecule has 1 saturated heterocycles. The van der Waals surface area contributed by atoms with Crippen molar-refractivity contribution in [3.8, 4) is 0 Å². The van der Waals surface area contributed by atoms with Crippen LogP contribution in [0.5, 0.6) is 0 Å². The second kappa shape index (κ2) is 8.30. The Morgan fingerprint density at radius 1 is 1.41 bits per heavy atom. The summed E-state index contributed by atoms with van der Waals surface area (Å²) in [5.74, 6) is -2.03. The quantitative estimate of drug-likeness (QED) is 0.678. The molecule has 0 spiro atoms. The minimum absolute atomic E-state index is 0.257. The second-order valence-corrected chi connectivity index (χ2v) is 7.70. The molecule has 1 aliphatic rings. The fraction of sp³-hybridized carbons (Fsp3) is 0.526. The number of aromatic carboxylic acids is 1. The molecule has 10 heteroatoms. The highest BCUT2D eigenvalue weighted by Crippen LogP contribution is 2.40.